The summed E-state index contributed by atoms with van der Waals surface area (Å²) in [5.74, 6) is -0.189. The molecule has 2 unspecified atom stereocenters. The molecule has 39 heavy (non-hydrogen) atoms. The number of nitrogens with zero attached hydrogens (tertiary/aromatic N) is 2. The predicted molar refractivity (Wildman–Crippen MR) is 148 cm³/mol. The van der Waals surface area contributed by atoms with Gasteiger partial charge in [0, 0.05) is 25.7 Å². The third kappa shape index (κ3) is 7.00. The van der Waals surface area contributed by atoms with E-state index in [4.69, 9.17) is 5.73 Å². The summed E-state index contributed by atoms with van der Waals surface area (Å²) in [6.45, 7) is 1.52. The van der Waals surface area contributed by atoms with Crippen molar-refractivity contribution in [2.45, 2.75) is 44.2 Å². The molecule has 1 saturated heterocycles. The zero-order valence-corrected chi connectivity index (χ0v) is 21.9. The summed E-state index contributed by atoms with van der Waals surface area (Å²) in [6, 6.07) is 18.8. The van der Waals surface area contributed by atoms with Crippen molar-refractivity contribution in [1.82, 2.24) is 15.1 Å². The highest BCUT2D eigenvalue weighted by Crippen LogP contribution is 2.36. The maximum Gasteiger partial charge on any atom is 0.318 e. The number of rotatable bonds is 9. The number of hydrogen-bond acceptors (Lipinski definition) is 4. The molecular formula is C31H34FN4O3. The molecule has 4 amide bonds. The van der Waals surface area contributed by atoms with Crippen molar-refractivity contribution in [1.29, 1.82) is 0 Å². The van der Waals surface area contributed by atoms with Gasteiger partial charge in [0.2, 0.25) is 11.8 Å². The summed E-state index contributed by atoms with van der Waals surface area (Å²) in [5, 5.41) is 4.49. The number of imide groups is 1. The lowest BCUT2D eigenvalue weighted by molar-refractivity contribution is -0.135. The van der Waals surface area contributed by atoms with E-state index in [1.54, 1.807) is 18.6 Å². The second-order valence-corrected chi connectivity index (χ2v) is 10.6. The first-order valence-corrected chi connectivity index (χ1v) is 13.6. The van der Waals surface area contributed by atoms with Crippen molar-refractivity contribution in [2.24, 2.45) is 11.7 Å². The fourth-order valence-corrected chi connectivity index (χ4v) is 5.52. The van der Waals surface area contributed by atoms with Crippen LogP contribution >= 0.6 is 0 Å². The standard InChI is InChI=1S/C31H34FN4O3/c32-26-12-8-21(9-13-26)10-14-29(37)36-16-15-35(20-27(36)18-22-5-6-22)28(30(38)34-31(33)39)19-23-7-11-24-3-1-2-4-25(24)17-23/h1-4,7-9,11-14,17,22,27-28H,5-6,10,15-16,18-20H2,(H3,33,34,38,39). The largest absolute Gasteiger partial charge is 0.351 e. The van der Waals surface area contributed by atoms with E-state index in [2.05, 4.69) is 16.3 Å². The zero-order valence-electron chi connectivity index (χ0n) is 21.9. The molecule has 2 atom stereocenters. The predicted octanol–water partition coefficient (Wildman–Crippen LogP) is 3.84. The summed E-state index contributed by atoms with van der Waals surface area (Å²) in [6.07, 6.45) is 5.70. The van der Waals surface area contributed by atoms with Gasteiger partial charge in [0.05, 0.1) is 12.5 Å². The lowest BCUT2D eigenvalue weighted by Crippen LogP contribution is -2.61. The van der Waals surface area contributed by atoms with Crippen LogP contribution in [0.15, 0.2) is 66.7 Å². The Bertz CT molecular complexity index is 1340. The van der Waals surface area contributed by atoms with E-state index in [1.807, 2.05) is 41.3 Å². The Morgan fingerprint density at radius 3 is 2.41 bits per heavy atom. The molecule has 3 aromatic rings. The van der Waals surface area contributed by atoms with Crippen LogP contribution in [0.1, 0.15) is 30.4 Å². The van der Waals surface area contributed by atoms with E-state index in [0.717, 1.165) is 41.2 Å². The molecule has 2 fully saturated rings. The van der Waals surface area contributed by atoms with E-state index in [0.29, 0.717) is 38.4 Å². The number of nitrogens with one attached hydrogen (secondary N) is 1. The molecule has 1 heterocycles. The minimum atomic E-state index is -0.873. The number of nitrogens with two attached hydrogens (primary N) is 1. The van der Waals surface area contributed by atoms with Gasteiger partial charge in [-0.05, 0) is 59.2 Å². The number of hydrogen-bond donors (Lipinski definition) is 2. The summed E-state index contributed by atoms with van der Waals surface area (Å²) in [4.78, 5) is 42.0. The van der Waals surface area contributed by atoms with Gasteiger partial charge in [-0.3, -0.25) is 19.8 Å². The molecule has 5 rings (SSSR count). The van der Waals surface area contributed by atoms with Crippen molar-refractivity contribution in [2.75, 3.05) is 19.6 Å². The summed E-state index contributed by atoms with van der Waals surface area (Å²) in [5.41, 5.74) is 7.18. The summed E-state index contributed by atoms with van der Waals surface area (Å²) < 4.78 is 13.2. The van der Waals surface area contributed by atoms with Crippen molar-refractivity contribution in [3.8, 4) is 0 Å². The summed E-state index contributed by atoms with van der Waals surface area (Å²) >= 11 is 0. The third-order valence-corrected chi connectivity index (χ3v) is 7.76. The highest BCUT2D eigenvalue weighted by molar-refractivity contribution is 5.96. The fraction of sp³-hybridized carbons (Fsp3) is 0.355. The quantitative estimate of drug-likeness (QED) is 0.440. The molecule has 8 heteroatoms. The van der Waals surface area contributed by atoms with Crippen LogP contribution in [0.25, 0.3) is 10.8 Å². The third-order valence-electron chi connectivity index (χ3n) is 7.76. The first-order chi connectivity index (χ1) is 18.9. The second-order valence-electron chi connectivity index (χ2n) is 10.6. The number of piperazine rings is 1. The molecular weight excluding hydrogens is 495 g/mol. The molecule has 0 spiro atoms. The van der Waals surface area contributed by atoms with E-state index >= 15 is 0 Å². The average Bonchev–Trinajstić information content (AvgIpc) is 3.75. The molecule has 2 aliphatic rings. The van der Waals surface area contributed by atoms with Gasteiger partial charge >= 0.3 is 6.03 Å². The number of carbonyl (C=O) groups is 3. The van der Waals surface area contributed by atoms with E-state index in [-0.39, 0.29) is 17.8 Å². The molecule has 1 aliphatic heterocycles. The fourth-order valence-electron chi connectivity index (χ4n) is 5.52. The molecule has 0 aromatic heterocycles. The molecule has 1 saturated carbocycles. The molecule has 203 valence electrons. The molecule has 1 radical (unpaired) electrons. The van der Waals surface area contributed by atoms with Gasteiger partial charge in [-0.1, -0.05) is 67.4 Å². The number of primary amides is 1. The lowest BCUT2D eigenvalue weighted by Gasteiger charge is -2.44. The Morgan fingerprint density at radius 1 is 0.974 bits per heavy atom. The number of halogens is 1. The van der Waals surface area contributed by atoms with E-state index in [9.17, 15) is 18.8 Å². The average molecular weight is 530 g/mol. The molecule has 3 aromatic carbocycles. The monoisotopic (exact) mass is 529 g/mol. The van der Waals surface area contributed by atoms with Crippen LogP contribution < -0.4 is 11.1 Å². The molecule has 7 nitrogen and oxygen atoms in total. The van der Waals surface area contributed by atoms with Crippen molar-refractivity contribution in [3.63, 3.8) is 0 Å². The second kappa shape index (κ2) is 11.9. The van der Waals surface area contributed by atoms with Crippen LogP contribution in [-0.4, -0.2) is 59.4 Å². The Hall–Kier alpha value is -3.78. The topological polar surface area (TPSA) is 95.7 Å². The number of carbonyl (C=O) groups excluding carboxylic acids is 3. The van der Waals surface area contributed by atoms with E-state index < -0.39 is 18.0 Å². The minimum absolute atomic E-state index is 0.0382. The van der Waals surface area contributed by atoms with Gasteiger partial charge in [0.1, 0.15) is 5.82 Å². The normalized spacial score (nSPS) is 18.6. The highest BCUT2D eigenvalue weighted by Gasteiger charge is 2.38. The van der Waals surface area contributed by atoms with Gasteiger partial charge in [-0.25, -0.2) is 9.18 Å². The number of urea groups is 1. The lowest BCUT2D eigenvalue weighted by atomic mass is 9.97. The van der Waals surface area contributed by atoms with Crippen molar-refractivity contribution < 1.29 is 18.8 Å². The molecule has 1 aliphatic carbocycles. The Balaban J connectivity index is 1.31. The number of fused-ring (bicyclic) bond motifs is 1. The molecule has 0 bridgehead atoms. The smallest absolute Gasteiger partial charge is 0.318 e. The van der Waals surface area contributed by atoms with Crippen LogP contribution in [0.5, 0.6) is 0 Å². The minimum Gasteiger partial charge on any atom is -0.351 e. The Labute approximate surface area is 228 Å². The zero-order chi connectivity index (χ0) is 27.4. The van der Waals surface area contributed by atoms with Gasteiger partial charge in [-0.2, -0.15) is 0 Å². The maximum absolute atomic E-state index is 13.3. The van der Waals surface area contributed by atoms with Crippen LogP contribution in [0.4, 0.5) is 9.18 Å². The van der Waals surface area contributed by atoms with Gasteiger partial charge in [0.15, 0.2) is 0 Å². The summed E-state index contributed by atoms with van der Waals surface area (Å²) in [7, 11) is 0. The first kappa shape index (κ1) is 26.8. The van der Waals surface area contributed by atoms with Gasteiger partial charge in [-0.15, -0.1) is 0 Å². The van der Waals surface area contributed by atoms with E-state index in [1.165, 1.54) is 12.1 Å². The van der Waals surface area contributed by atoms with Gasteiger partial charge < -0.3 is 10.6 Å². The van der Waals surface area contributed by atoms with Crippen LogP contribution in [-0.2, 0) is 22.4 Å². The van der Waals surface area contributed by atoms with Crippen LogP contribution in [0, 0.1) is 18.2 Å². The Kier molecular flexibility index (Phi) is 8.21. The SMILES string of the molecule is NC(=O)NC(=O)C(Cc1ccc2ccccc2c1)N1CCN(C(=O)[CH]Cc2ccc(F)cc2)C(CC2CC2)C1. The van der Waals surface area contributed by atoms with Crippen molar-refractivity contribution in [3.05, 3.63) is 90.1 Å². The number of benzene rings is 3. The number of amides is 4. The maximum atomic E-state index is 13.3. The van der Waals surface area contributed by atoms with Crippen molar-refractivity contribution >= 4 is 28.6 Å². The Morgan fingerprint density at radius 2 is 1.69 bits per heavy atom. The van der Waals surface area contributed by atoms with Gasteiger partial charge in [0.25, 0.3) is 0 Å². The highest BCUT2D eigenvalue weighted by atomic mass is 19.1. The van der Waals surface area contributed by atoms with Crippen LogP contribution in [0.2, 0.25) is 0 Å². The first-order valence-electron chi connectivity index (χ1n) is 13.6. The molecule has 3 N–H and O–H groups in total. The van der Waals surface area contributed by atoms with Crippen LogP contribution in [0.3, 0.4) is 0 Å².